The van der Waals surface area contributed by atoms with Crippen molar-refractivity contribution in [3.8, 4) is 16.9 Å². The fourth-order valence-corrected chi connectivity index (χ4v) is 4.16. The van der Waals surface area contributed by atoms with Crippen LogP contribution in [-0.2, 0) is 16.0 Å². The van der Waals surface area contributed by atoms with Gasteiger partial charge in [-0.1, -0.05) is 11.6 Å². The van der Waals surface area contributed by atoms with Gasteiger partial charge in [-0.15, -0.1) is 0 Å². The average molecular weight is 364 g/mol. The smallest absolute Gasteiger partial charge is 0.249 e. The van der Waals surface area contributed by atoms with E-state index in [0.717, 1.165) is 36.1 Å². The first-order valence-electron chi connectivity index (χ1n) is 8.11. The Morgan fingerprint density at radius 1 is 1.38 bits per heavy atom. The number of ether oxygens (including phenoxy) is 2. The van der Waals surface area contributed by atoms with Crippen molar-refractivity contribution in [1.82, 2.24) is 5.32 Å². The number of fused-ring (bicyclic) bond motifs is 1. The van der Waals surface area contributed by atoms with Gasteiger partial charge >= 0.3 is 0 Å². The number of carbonyl (C=O) groups is 1. The molecule has 0 spiro atoms. The van der Waals surface area contributed by atoms with E-state index in [1.807, 2.05) is 6.07 Å². The molecule has 4 rings (SSSR count). The monoisotopic (exact) mass is 363 g/mol. The van der Waals surface area contributed by atoms with Crippen LogP contribution >= 0.6 is 22.9 Å². The van der Waals surface area contributed by atoms with Gasteiger partial charge in [-0.25, -0.2) is 0 Å². The summed E-state index contributed by atoms with van der Waals surface area (Å²) in [6, 6.07) is 6.15. The van der Waals surface area contributed by atoms with Crippen molar-refractivity contribution in [3.05, 3.63) is 39.5 Å². The molecule has 0 radical (unpaired) electrons. The van der Waals surface area contributed by atoms with Gasteiger partial charge in [-0.2, -0.15) is 11.3 Å². The second-order valence-electron chi connectivity index (χ2n) is 6.15. The van der Waals surface area contributed by atoms with Crippen molar-refractivity contribution in [3.63, 3.8) is 0 Å². The predicted molar refractivity (Wildman–Crippen MR) is 94.9 cm³/mol. The molecular weight excluding hydrogens is 346 g/mol. The lowest BCUT2D eigenvalue weighted by Gasteiger charge is -2.14. The molecule has 1 aromatic carbocycles. The zero-order valence-electron chi connectivity index (χ0n) is 13.1. The summed E-state index contributed by atoms with van der Waals surface area (Å²) in [5.41, 5.74) is 3.37. The first-order chi connectivity index (χ1) is 11.7. The lowest BCUT2D eigenvalue weighted by Crippen LogP contribution is -2.40. The highest BCUT2D eigenvalue weighted by molar-refractivity contribution is 7.08. The Hall–Kier alpha value is -1.56. The zero-order chi connectivity index (χ0) is 16.5. The van der Waals surface area contributed by atoms with E-state index < -0.39 is 0 Å². The molecule has 6 heteroatoms. The Morgan fingerprint density at radius 3 is 3.04 bits per heavy atom. The van der Waals surface area contributed by atoms with Crippen molar-refractivity contribution in [2.45, 2.75) is 31.5 Å². The molecule has 1 fully saturated rings. The zero-order valence-corrected chi connectivity index (χ0v) is 14.7. The molecule has 1 amide bonds. The average Bonchev–Trinajstić information content (AvgIpc) is 3.32. The summed E-state index contributed by atoms with van der Waals surface area (Å²) in [6.07, 6.45) is 2.11. The van der Waals surface area contributed by atoms with Crippen molar-refractivity contribution < 1.29 is 14.3 Å². The van der Waals surface area contributed by atoms with Gasteiger partial charge in [0.05, 0.1) is 11.6 Å². The van der Waals surface area contributed by atoms with Crippen molar-refractivity contribution in [1.29, 1.82) is 0 Å². The minimum Gasteiger partial charge on any atom is -0.486 e. The molecule has 1 N–H and O–H groups in total. The van der Waals surface area contributed by atoms with Gasteiger partial charge in [0.1, 0.15) is 18.0 Å². The van der Waals surface area contributed by atoms with E-state index in [9.17, 15) is 4.79 Å². The molecule has 2 aliphatic heterocycles. The molecule has 2 atom stereocenters. The third kappa shape index (κ3) is 3.16. The summed E-state index contributed by atoms with van der Waals surface area (Å²) in [6.45, 7) is 1.14. The van der Waals surface area contributed by atoms with Crippen molar-refractivity contribution >= 4 is 28.8 Å². The highest BCUT2D eigenvalue weighted by atomic mass is 35.5. The van der Waals surface area contributed by atoms with E-state index in [-0.39, 0.29) is 18.1 Å². The minimum atomic E-state index is -0.303. The molecule has 24 heavy (non-hydrogen) atoms. The van der Waals surface area contributed by atoms with Gasteiger partial charge in [-0.05, 0) is 52.9 Å². The molecule has 1 aromatic heterocycles. The Labute approximate surface area is 149 Å². The summed E-state index contributed by atoms with van der Waals surface area (Å²) in [7, 11) is 0. The Morgan fingerprint density at radius 2 is 2.29 bits per heavy atom. The number of rotatable bonds is 4. The van der Waals surface area contributed by atoms with E-state index in [2.05, 4.69) is 28.2 Å². The maximum absolute atomic E-state index is 12.0. The van der Waals surface area contributed by atoms with Crippen LogP contribution in [0.3, 0.4) is 0 Å². The van der Waals surface area contributed by atoms with Crippen LogP contribution in [0.4, 0.5) is 0 Å². The number of thiophene rings is 1. The van der Waals surface area contributed by atoms with Gasteiger partial charge in [0, 0.05) is 18.6 Å². The van der Waals surface area contributed by atoms with Gasteiger partial charge < -0.3 is 14.8 Å². The Kier molecular flexibility index (Phi) is 4.48. The lowest BCUT2D eigenvalue weighted by atomic mass is 10.0. The largest absolute Gasteiger partial charge is 0.486 e. The van der Waals surface area contributed by atoms with Crippen LogP contribution in [-0.4, -0.2) is 31.3 Å². The fraction of sp³-hybridized carbons (Fsp3) is 0.389. The number of carbonyl (C=O) groups excluding carboxylic acids is 1. The van der Waals surface area contributed by atoms with Crippen LogP contribution in [0.15, 0.2) is 29.0 Å². The summed E-state index contributed by atoms with van der Waals surface area (Å²) < 4.78 is 11.3. The standard InChI is InChI=1S/C18H18ClNO3S/c19-15-8-12(11-3-5-24-10-11)6-13-7-14(23-17(13)15)9-20-18(21)16-2-1-4-22-16/h3,5-6,8,10,14,16H,1-2,4,7,9H2,(H,20,21)/t14-,16+/m0/s1. The minimum absolute atomic E-state index is 0.0443. The number of hydrogen-bond donors (Lipinski definition) is 1. The SMILES string of the molecule is O=C(NC[C@@H]1Cc2cc(-c3ccsc3)cc(Cl)c2O1)[C@H]1CCCO1. The van der Waals surface area contributed by atoms with Crippen LogP contribution in [0.5, 0.6) is 5.75 Å². The van der Waals surface area contributed by atoms with Crippen LogP contribution in [0.2, 0.25) is 5.02 Å². The first kappa shape index (κ1) is 15.9. The fourth-order valence-electron chi connectivity index (χ4n) is 3.21. The topological polar surface area (TPSA) is 47.6 Å². The summed E-state index contributed by atoms with van der Waals surface area (Å²) in [5, 5.41) is 7.72. The molecule has 4 nitrogen and oxygen atoms in total. The summed E-state index contributed by atoms with van der Waals surface area (Å²) in [4.78, 5) is 12.0. The maximum atomic E-state index is 12.0. The van der Waals surface area contributed by atoms with Gasteiger partial charge in [0.2, 0.25) is 5.91 Å². The molecular formula is C18H18ClNO3S. The van der Waals surface area contributed by atoms with Crippen LogP contribution in [0, 0.1) is 0 Å². The maximum Gasteiger partial charge on any atom is 0.249 e. The highest BCUT2D eigenvalue weighted by Gasteiger charge is 2.28. The molecule has 3 heterocycles. The number of amides is 1. The third-order valence-electron chi connectivity index (χ3n) is 4.43. The molecule has 0 bridgehead atoms. The number of benzene rings is 1. The quantitative estimate of drug-likeness (QED) is 0.901. The number of halogens is 1. The summed E-state index contributed by atoms with van der Waals surface area (Å²) in [5.74, 6) is 0.698. The van der Waals surface area contributed by atoms with Crippen LogP contribution in [0.25, 0.3) is 11.1 Å². The molecule has 126 valence electrons. The van der Waals surface area contributed by atoms with E-state index in [0.29, 0.717) is 18.2 Å². The normalized spacial score (nSPS) is 22.2. The first-order valence-corrected chi connectivity index (χ1v) is 9.44. The molecule has 0 aliphatic carbocycles. The van der Waals surface area contributed by atoms with Crippen molar-refractivity contribution in [2.75, 3.05) is 13.2 Å². The molecule has 2 aromatic rings. The van der Waals surface area contributed by atoms with E-state index in [4.69, 9.17) is 21.1 Å². The molecule has 1 saturated heterocycles. The molecule has 0 unspecified atom stereocenters. The Bertz CT molecular complexity index is 741. The van der Waals surface area contributed by atoms with E-state index in [1.54, 1.807) is 11.3 Å². The molecule has 2 aliphatic rings. The number of nitrogens with one attached hydrogen (secondary N) is 1. The third-order valence-corrected chi connectivity index (χ3v) is 5.40. The van der Waals surface area contributed by atoms with Crippen LogP contribution < -0.4 is 10.1 Å². The van der Waals surface area contributed by atoms with Crippen molar-refractivity contribution in [2.24, 2.45) is 0 Å². The lowest BCUT2D eigenvalue weighted by molar-refractivity contribution is -0.130. The summed E-state index contributed by atoms with van der Waals surface area (Å²) >= 11 is 8.06. The second-order valence-corrected chi connectivity index (χ2v) is 7.34. The van der Waals surface area contributed by atoms with E-state index >= 15 is 0 Å². The second kappa shape index (κ2) is 6.75. The molecule has 0 saturated carbocycles. The Balaban J connectivity index is 1.42. The van der Waals surface area contributed by atoms with Crippen LogP contribution in [0.1, 0.15) is 18.4 Å². The number of hydrogen-bond acceptors (Lipinski definition) is 4. The van der Waals surface area contributed by atoms with E-state index in [1.165, 1.54) is 5.56 Å². The highest BCUT2D eigenvalue weighted by Crippen LogP contribution is 2.39. The van der Waals surface area contributed by atoms with Gasteiger partial charge in [-0.3, -0.25) is 4.79 Å². The van der Waals surface area contributed by atoms with Gasteiger partial charge in [0.25, 0.3) is 0 Å². The van der Waals surface area contributed by atoms with Gasteiger partial charge in [0.15, 0.2) is 0 Å². The predicted octanol–water partition coefficient (Wildman–Crippen LogP) is 3.67.